The molecule has 2 aromatic heterocycles. The molecule has 1 fully saturated rings. The number of aliphatic hydroxyl groups is 1. The fourth-order valence-electron chi connectivity index (χ4n) is 4.42. The van der Waals surface area contributed by atoms with Crippen LogP contribution in [-0.2, 0) is 22.6 Å². The van der Waals surface area contributed by atoms with Crippen LogP contribution in [0.25, 0.3) is 5.76 Å². The molecule has 0 radical (unpaired) electrons. The number of benzene rings is 1. The molecule has 2 aliphatic rings. The number of likely N-dealkylation sites (tertiary alicyclic amines) is 1. The summed E-state index contributed by atoms with van der Waals surface area (Å²) in [5.74, 6) is -0.563. The molecule has 0 aliphatic carbocycles. The number of Topliss-reactive ketones (excluding diaryl/α,β-unsaturated/α-hetero) is 1. The van der Waals surface area contributed by atoms with Gasteiger partial charge in [-0.25, -0.2) is 4.98 Å². The molecule has 2 atom stereocenters. The summed E-state index contributed by atoms with van der Waals surface area (Å²) in [5, 5.41) is 13.1. The third-order valence-corrected chi connectivity index (χ3v) is 6.82. The summed E-state index contributed by atoms with van der Waals surface area (Å²) in [6.07, 6.45) is 6.79. The van der Waals surface area contributed by atoms with Crippen LogP contribution in [0.4, 0.5) is 0 Å². The number of nitrogens with zero attached hydrogens (tertiary/aromatic N) is 3. The number of hydrogen-bond donors (Lipinski definition) is 1. The minimum Gasteiger partial charge on any atom is -0.507 e. The highest BCUT2D eigenvalue weighted by atomic mass is 32.1. The second-order valence-electron chi connectivity index (χ2n) is 8.12. The molecule has 164 valence electrons. The summed E-state index contributed by atoms with van der Waals surface area (Å²) in [6.45, 7) is 3.08. The molecule has 0 unspecified atom stereocenters. The fraction of sp³-hybridized carbons (Fsp3) is 0.292. The molecule has 1 saturated heterocycles. The topological polar surface area (TPSA) is 84.7 Å². The molecular formula is C24H23N3O4S. The van der Waals surface area contributed by atoms with Crippen molar-refractivity contribution in [3.05, 3.63) is 76.0 Å². The van der Waals surface area contributed by atoms with E-state index in [2.05, 4.69) is 4.98 Å². The smallest absolute Gasteiger partial charge is 0.295 e. The number of hydrogen-bond acceptors (Lipinski definition) is 6. The number of carbonyl (C=O) groups excluding carboxylic acids is 2. The predicted molar refractivity (Wildman–Crippen MR) is 120 cm³/mol. The lowest BCUT2D eigenvalue weighted by atomic mass is 9.98. The largest absolute Gasteiger partial charge is 0.507 e. The third-order valence-electron chi connectivity index (χ3n) is 5.90. The Morgan fingerprint density at radius 2 is 2.16 bits per heavy atom. The van der Waals surface area contributed by atoms with Gasteiger partial charge in [-0.05, 0) is 48.6 Å². The number of fused-ring (bicyclic) bond motifs is 1. The first kappa shape index (κ1) is 20.5. The van der Waals surface area contributed by atoms with Crippen LogP contribution in [0.1, 0.15) is 35.4 Å². The summed E-state index contributed by atoms with van der Waals surface area (Å²) in [4.78, 5) is 32.5. The number of imidazole rings is 1. The Morgan fingerprint density at radius 3 is 2.91 bits per heavy atom. The first-order valence-corrected chi connectivity index (χ1v) is 11.5. The van der Waals surface area contributed by atoms with Crippen molar-refractivity contribution in [3.8, 4) is 5.75 Å². The SMILES string of the molecule is C[C@@H]1Cc2cc(C(O)=C3C(=O)C(=O)N(CCCn4ccnc4)[C@@H]3c3cccs3)ccc2O1. The van der Waals surface area contributed by atoms with E-state index in [0.717, 1.165) is 22.6 Å². The van der Waals surface area contributed by atoms with E-state index >= 15 is 0 Å². The second kappa shape index (κ2) is 8.27. The minimum atomic E-state index is -0.645. The molecule has 8 heteroatoms. The van der Waals surface area contributed by atoms with Gasteiger partial charge >= 0.3 is 0 Å². The molecular weight excluding hydrogens is 426 g/mol. The van der Waals surface area contributed by atoms with Gasteiger partial charge < -0.3 is 19.3 Å². The predicted octanol–water partition coefficient (Wildman–Crippen LogP) is 3.78. The third kappa shape index (κ3) is 3.60. The minimum absolute atomic E-state index is 0.0783. The van der Waals surface area contributed by atoms with Gasteiger partial charge in [-0.2, -0.15) is 0 Å². The van der Waals surface area contributed by atoms with Gasteiger partial charge in [0.05, 0.1) is 17.9 Å². The highest BCUT2D eigenvalue weighted by molar-refractivity contribution is 7.10. The zero-order valence-electron chi connectivity index (χ0n) is 17.6. The lowest BCUT2D eigenvalue weighted by molar-refractivity contribution is -0.139. The standard InChI is InChI=1S/C24H23N3O4S/c1-15-12-17-13-16(5-6-18(17)31-15)22(28)20-21(19-4-2-11-32-19)27(24(30)23(20)29)9-3-8-26-10-7-25-14-26/h2,4-7,10-11,13-15,21,28H,3,8-9,12H2,1H3/t15-,21-/m1/s1. The van der Waals surface area contributed by atoms with Gasteiger partial charge in [0.1, 0.15) is 17.6 Å². The zero-order chi connectivity index (χ0) is 22.2. The van der Waals surface area contributed by atoms with Gasteiger partial charge in [0.15, 0.2) is 0 Å². The monoisotopic (exact) mass is 449 g/mol. The van der Waals surface area contributed by atoms with Crippen LogP contribution >= 0.6 is 11.3 Å². The van der Waals surface area contributed by atoms with Crippen molar-refractivity contribution in [1.82, 2.24) is 14.5 Å². The van der Waals surface area contributed by atoms with E-state index in [4.69, 9.17) is 4.74 Å². The summed E-state index contributed by atoms with van der Waals surface area (Å²) >= 11 is 1.47. The highest BCUT2D eigenvalue weighted by Crippen LogP contribution is 2.42. The maximum absolute atomic E-state index is 13.1. The summed E-state index contributed by atoms with van der Waals surface area (Å²) in [6, 6.07) is 8.60. The number of rotatable bonds is 6. The molecule has 2 aliphatic heterocycles. The maximum Gasteiger partial charge on any atom is 0.295 e. The van der Waals surface area contributed by atoms with Gasteiger partial charge in [-0.1, -0.05) is 6.07 Å². The molecule has 7 nitrogen and oxygen atoms in total. The Hall–Kier alpha value is -3.39. The van der Waals surface area contributed by atoms with Crippen molar-refractivity contribution < 1.29 is 19.4 Å². The number of ether oxygens (including phenoxy) is 1. The molecule has 1 N–H and O–H groups in total. The second-order valence-corrected chi connectivity index (χ2v) is 9.10. The lowest BCUT2D eigenvalue weighted by Crippen LogP contribution is -2.31. The van der Waals surface area contributed by atoms with E-state index in [1.807, 2.05) is 47.3 Å². The Morgan fingerprint density at radius 1 is 1.28 bits per heavy atom. The van der Waals surface area contributed by atoms with Gasteiger partial charge in [-0.15, -0.1) is 11.3 Å². The lowest BCUT2D eigenvalue weighted by Gasteiger charge is -2.24. The fourth-order valence-corrected chi connectivity index (χ4v) is 5.27. The van der Waals surface area contributed by atoms with Gasteiger partial charge in [0.2, 0.25) is 0 Å². The van der Waals surface area contributed by atoms with Crippen molar-refractivity contribution >= 4 is 28.8 Å². The van der Waals surface area contributed by atoms with Crippen LogP contribution in [0.3, 0.4) is 0 Å². The van der Waals surface area contributed by atoms with Crippen molar-refractivity contribution in [2.24, 2.45) is 0 Å². The Labute approximate surface area is 189 Å². The number of carbonyl (C=O) groups is 2. The Bertz CT molecular complexity index is 1180. The van der Waals surface area contributed by atoms with Crippen molar-refractivity contribution in [1.29, 1.82) is 0 Å². The summed E-state index contributed by atoms with van der Waals surface area (Å²) in [7, 11) is 0. The van der Waals surface area contributed by atoms with Crippen LogP contribution in [0.2, 0.25) is 0 Å². The van der Waals surface area contributed by atoms with Gasteiger partial charge in [-0.3, -0.25) is 9.59 Å². The van der Waals surface area contributed by atoms with E-state index in [9.17, 15) is 14.7 Å². The average Bonchev–Trinajstić information content (AvgIpc) is 3.57. The van der Waals surface area contributed by atoms with E-state index < -0.39 is 17.7 Å². The van der Waals surface area contributed by atoms with Crippen LogP contribution in [-0.4, -0.2) is 43.9 Å². The number of aromatic nitrogens is 2. The van der Waals surface area contributed by atoms with Crippen LogP contribution in [0.15, 0.2) is 60.0 Å². The van der Waals surface area contributed by atoms with E-state index in [1.54, 1.807) is 23.5 Å². The molecule has 0 saturated carbocycles. The number of aryl methyl sites for hydroxylation is 1. The molecule has 1 aromatic carbocycles. The number of ketones is 1. The number of aliphatic hydroxyl groups excluding tert-OH is 1. The molecule has 0 bridgehead atoms. The molecule has 5 rings (SSSR count). The Balaban J connectivity index is 1.49. The summed E-state index contributed by atoms with van der Waals surface area (Å²) in [5.41, 5.74) is 1.66. The van der Waals surface area contributed by atoms with Crippen LogP contribution in [0.5, 0.6) is 5.75 Å². The van der Waals surface area contributed by atoms with Crippen molar-refractivity contribution in [3.63, 3.8) is 0 Å². The normalized spacial score (nSPS) is 21.7. The Kier molecular flexibility index (Phi) is 5.30. The van der Waals surface area contributed by atoms with Crippen LogP contribution in [0, 0.1) is 0 Å². The molecule has 1 amide bonds. The number of thiophene rings is 1. The van der Waals surface area contributed by atoms with Crippen LogP contribution < -0.4 is 4.74 Å². The molecule has 3 aromatic rings. The maximum atomic E-state index is 13.1. The van der Waals surface area contributed by atoms with Gasteiger partial charge in [0, 0.05) is 42.3 Å². The van der Waals surface area contributed by atoms with E-state index in [1.165, 1.54) is 11.3 Å². The molecule has 4 heterocycles. The van der Waals surface area contributed by atoms with Gasteiger partial charge in [0.25, 0.3) is 11.7 Å². The quantitative estimate of drug-likeness (QED) is 0.352. The van der Waals surface area contributed by atoms with E-state index in [0.29, 0.717) is 25.1 Å². The number of amides is 1. The highest BCUT2D eigenvalue weighted by Gasteiger charge is 2.46. The zero-order valence-corrected chi connectivity index (χ0v) is 18.4. The van der Waals surface area contributed by atoms with Crippen molar-refractivity contribution in [2.75, 3.05) is 6.54 Å². The molecule has 0 spiro atoms. The van der Waals surface area contributed by atoms with Crippen molar-refractivity contribution in [2.45, 2.75) is 38.5 Å². The summed E-state index contributed by atoms with van der Waals surface area (Å²) < 4.78 is 7.68. The van der Waals surface area contributed by atoms with E-state index in [-0.39, 0.29) is 17.4 Å². The molecule has 32 heavy (non-hydrogen) atoms. The first-order valence-electron chi connectivity index (χ1n) is 10.6. The average molecular weight is 450 g/mol. The first-order chi connectivity index (χ1) is 15.5.